The van der Waals surface area contributed by atoms with Gasteiger partial charge < -0.3 is 42.6 Å². The number of nitrogens with zero attached hydrogens (tertiary/aromatic N) is 1. The molecule has 0 aliphatic rings. The Morgan fingerprint density at radius 2 is 1.59 bits per heavy atom. The van der Waals surface area contributed by atoms with Gasteiger partial charge in [0.15, 0.2) is 5.96 Å². The first-order chi connectivity index (χ1) is 19.3. The van der Waals surface area contributed by atoms with Crippen molar-refractivity contribution in [3.05, 3.63) is 35.9 Å². The van der Waals surface area contributed by atoms with Gasteiger partial charge in [-0.05, 0) is 51.5 Å². The topological polar surface area (TPSA) is 210 Å². The Balaban J connectivity index is 2.83. The summed E-state index contributed by atoms with van der Waals surface area (Å²) in [5.74, 6) is -1.45. The number of aliphatic imine (C=N–C) groups is 1. The van der Waals surface area contributed by atoms with Crippen molar-refractivity contribution in [2.45, 2.75) is 97.2 Å². The first-order valence-corrected chi connectivity index (χ1v) is 13.9. The van der Waals surface area contributed by atoms with Gasteiger partial charge in [0.2, 0.25) is 17.7 Å². The molecule has 41 heavy (non-hydrogen) atoms. The normalized spacial score (nSPS) is 13.9. The summed E-state index contributed by atoms with van der Waals surface area (Å²) in [5.41, 5.74) is 11.5. The molecule has 0 aliphatic heterocycles. The molecule has 1 aromatic rings. The summed E-state index contributed by atoms with van der Waals surface area (Å²) in [4.78, 5) is 54.6. The number of ether oxygens (including phenoxy) is 1. The van der Waals surface area contributed by atoms with Crippen LogP contribution < -0.4 is 32.7 Å². The highest BCUT2D eigenvalue weighted by molar-refractivity contribution is 5.91. The van der Waals surface area contributed by atoms with Gasteiger partial charge in [0.05, 0.1) is 18.6 Å². The standard InChI is InChI=1S/C28H47N7O6/c1-17(2)14-22(23(36)15-24(37)32-18(3)4)34-25(38)19(5)33-26(39)21(12-9-13-31-27(29)30)35-28(40)41-16-20-10-7-6-8-11-20/h6-8,10-11,17-19,21-23,36H,9,12-16H2,1-5H3,(H,32,37)(H,33,39)(H,34,38)(H,35,40)(H4,29,30,31)/t19-,21-,22-,23-/m0/s1. The van der Waals surface area contributed by atoms with Gasteiger partial charge in [0, 0.05) is 12.6 Å². The van der Waals surface area contributed by atoms with Crippen molar-refractivity contribution in [1.82, 2.24) is 21.3 Å². The molecule has 1 rings (SSSR count). The number of benzene rings is 1. The molecular formula is C28H47N7O6. The average molecular weight is 578 g/mol. The Kier molecular flexibility index (Phi) is 15.8. The van der Waals surface area contributed by atoms with Crippen LogP contribution in [0.1, 0.15) is 65.9 Å². The van der Waals surface area contributed by atoms with E-state index >= 15 is 0 Å². The summed E-state index contributed by atoms with van der Waals surface area (Å²) in [7, 11) is 0. The number of nitrogens with one attached hydrogen (secondary N) is 4. The number of nitrogens with two attached hydrogens (primary N) is 2. The van der Waals surface area contributed by atoms with E-state index in [1.807, 2.05) is 45.9 Å². The Labute approximate surface area is 242 Å². The molecule has 13 heteroatoms. The fourth-order valence-corrected chi connectivity index (χ4v) is 3.90. The van der Waals surface area contributed by atoms with Gasteiger partial charge in [-0.25, -0.2) is 4.79 Å². The lowest BCUT2D eigenvalue weighted by molar-refractivity contribution is -0.131. The van der Waals surface area contributed by atoms with E-state index < -0.39 is 42.1 Å². The molecular weight excluding hydrogens is 530 g/mol. The lowest BCUT2D eigenvalue weighted by atomic mass is 9.96. The molecule has 0 saturated carbocycles. The maximum atomic E-state index is 13.1. The molecule has 0 bridgehead atoms. The van der Waals surface area contributed by atoms with Crippen LogP contribution in [-0.2, 0) is 25.7 Å². The number of carbonyl (C=O) groups is 4. The van der Waals surface area contributed by atoms with Crippen LogP contribution in [0.2, 0.25) is 0 Å². The van der Waals surface area contributed by atoms with Crippen molar-refractivity contribution in [3.63, 3.8) is 0 Å². The van der Waals surface area contributed by atoms with E-state index in [2.05, 4.69) is 26.3 Å². The average Bonchev–Trinajstić information content (AvgIpc) is 2.88. The van der Waals surface area contributed by atoms with Crippen LogP contribution in [-0.4, -0.2) is 71.7 Å². The highest BCUT2D eigenvalue weighted by Gasteiger charge is 2.29. The van der Waals surface area contributed by atoms with Gasteiger partial charge in [-0.1, -0.05) is 44.2 Å². The van der Waals surface area contributed by atoms with Gasteiger partial charge >= 0.3 is 6.09 Å². The predicted octanol–water partition coefficient (Wildman–Crippen LogP) is 0.646. The highest BCUT2D eigenvalue weighted by Crippen LogP contribution is 2.12. The van der Waals surface area contributed by atoms with Crippen LogP contribution in [0.15, 0.2) is 35.3 Å². The van der Waals surface area contributed by atoms with Crippen molar-refractivity contribution in [2.75, 3.05) is 6.54 Å². The fourth-order valence-electron chi connectivity index (χ4n) is 3.90. The zero-order chi connectivity index (χ0) is 30.9. The monoisotopic (exact) mass is 577 g/mol. The second kappa shape index (κ2) is 18.5. The van der Waals surface area contributed by atoms with Crippen molar-refractivity contribution < 1.29 is 29.0 Å². The third-order valence-electron chi connectivity index (χ3n) is 5.88. The zero-order valence-corrected chi connectivity index (χ0v) is 24.7. The van der Waals surface area contributed by atoms with Gasteiger partial charge in [0.25, 0.3) is 0 Å². The number of alkyl carbamates (subject to hydrolysis) is 1. The van der Waals surface area contributed by atoms with Crippen LogP contribution in [0.4, 0.5) is 4.79 Å². The molecule has 4 atom stereocenters. The number of carbonyl (C=O) groups excluding carboxylic acids is 4. The SMILES string of the molecule is CC(C)C[C@H](NC(=O)[C@H](C)NC(=O)[C@H](CCCN=C(N)N)NC(=O)OCc1ccccc1)[C@@H](O)CC(=O)NC(C)C. The van der Waals surface area contributed by atoms with Crippen molar-refractivity contribution in [1.29, 1.82) is 0 Å². The van der Waals surface area contributed by atoms with Crippen molar-refractivity contribution in [2.24, 2.45) is 22.4 Å². The van der Waals surface area contributed by atoms with E-state index in [0.29, 0.717) is 12.8 Å². The minimum Gasteiger partial charge on any atom is -0.445 e. The molecule has 0 saturated heterocycles. The largest absolute Gasteiger partial charge is 0.445 e. The summed E-state index contributed by atoms with van der Waals surface area (Å²) in [6.45, 7) is 9.23. The second-order valence-electron chi connectivity index (χ2n) is 10.7. The Morgan fingerprint density at radius 1 is 0.927 bits per heavy atom. The van der Waals surface area contributed by atoms with Gasteiger partial charge in [-0.15, -0.1) is 0 Å². The molecule has 0 spiro atoms. The molecule has 1 aromatic carbocycles. The van der Waals surface area contributed by atoms with Gasteiger partial charge in [-0.3, -0.25) is 19.4 Å². The molecule has 0 aliphatic carbocycles. The molecule has 4 amide bonds. The van der Waals surface area contributed by atoms with Crippen LogP contribution >= 0.6 is 0 Å². The number of amides is 4. The lowest BCUT2D eigenvalue weighted by Gasteiger charge is -2.28. The van der Waals surface area contributed by atoms with E-state index in [1.165, 1.54) is 6.92 Å². The number of rotatable bonds is 17. The Bertz CT molecular complexity index is 999. The number of aliphatic hydroxyl groups is 1. The van der Waals surface area contributed by atoms with Gasteiger partial charge in [-0.2, -0.15) is 0 Å². The smallest absolute Gasteiger partial charge is 0.408 e. The third-order valence-corrected chi connectivity index (χ3v) is 5.88. The van der Waals surface area contributed by atoms with Crippen molar-refractivity contribution >= 4 is 29.8 Å². The maximum Gasteiger partial charge on any atom is 0.408 e. The van der Waals surface area contributed by atoms with E-state index in [0.717, 1.165) is 5.56 Å². The molecule has 230 valence electrons. The predicted molar refractivity (Wildman–Crippen MR) is 156 cm³/mol. The zero-order valence-electron chi connectivity index (χ0n) is 24.7. The molecule has 0 fully saturated rings. The summed E-state index contributed by atoms with van der Waals surface area (Å²) < 4.78 is 5.24. The van der Waals surface area contributed by atoms with Crippen LogP contribution in [0.5, 0.6) is 0 Å². The second-order valence-corrected chi connectivity index (χ2v) is 10.7. The van der Waals surface area contributed by atoms with Crippen molar-refractivity contribution in [3.8, 4) is 0 Å². The van der Waals surface area contributed by atoms with E-state index in [4.69, 9.17) is 16.2 Å². The Morgan fingerprint density at radius 3 is 2.17 bits per heavy atom. The van der Waals surface area contributed by atoms with Gasteiger partial charge in [0.1, 0.15) is 18.7 Å². The van der Waals surface area contributed by atoms with E-state index in [1.54, 1.807) is 12.1 Å². The van der Waals surface area contributed by atoms with Crippen LogP contribution in [0.25, 0.3) is 0 Å². The first kappa shape index (κ1) is 35.2. The molecule has 9 N–H and O–H groups in total. The number of hydrogen-bond donors (Lipinski definition) is 7. The summed E-state index contributed by atoms with van der Waals surface area (Å²) >= 11 is 0. The number of guanidine groups is 1. The molecule has 0 unspecified atom stereocenters. The van der Waals surface area contributed by atoms with Crippen LogP contribution in [0, 0.1) is 5.92 Å². The molecule has 13 nitrogen and oxygen atoms in total. The third kappa shape index (κ3) is 15.5. The maximum absolute atomic E-state index is 13.1. The number of hydrogen-bond acceptors (Lipinski definition) is 7. The van der Waals surface area contributed by atoms with E-state index in [-0.39, 0.29) is 49.8 Å². The lowest BCUT2D eigenvalue weighted by Crippen LogP contribution is -2.55. The first-order valence-electron chi connectivity index (χ1n) is 13.9. The quantitative estimate of drug-likeness (QED) is 0.0791. The fraction of sp³-hybridized carbons (Fsp3) is 0.607. The van der Waals surface area contributed by atoms with Crippen LogP contribution in [0.3, 0.4) is 0 Å². The minimum absolute atomic E-state index is 0.0164. The highest BCUT2D eigenvalue weighted by atomic mass is 16.5. The van der Waals surface area contributed by atoms with E-state index in [9.17, 15) is 24.3 Å². The summed E-state index contributed by atoms with van der Waals surface area (Å²) in [6.07, 6.45) is -1.12. The molecule has 0 heterocycles. The summed E-state index contributed by atoms with van der Waals surface area (Å²) in [6, 6.07) is 6.24. The molecule has 0 radical (unpaired) electrons. The minimum atomic E-state index is -1.12. The number of aliphatic hydroxyl groups excluding tert-OH is 1. The Hall–Kier alpha value is -3.87. The molecule has 0 aromatic heterocycles. The summed E-state index contributed by atoms with van der Waals surface area (Å²) in [5, 5.41) is 21.3.